The van der Waals surface area contributed by atoms with Crippen molar-refractivity contribution in [2.45, 2.75) is 32.4 Å². The highest BCUT2D eigenvalue weighted by molar-refractivity contribution is 5.76. The second-order valence-electron chi connectivity index (χ2n) is 7.00. The number of amides is 1. The first-order valence-electron chi connectivity index (χ1n) is 9.95. The lowest BCUT2D eigenvalue weighted by molar-refractivity contribution is -0.121. The lowest BCUT2D eigenvalue weighted by Crippen LogP contribution is -2.26. The van der Waals surface area contributed by atoms with Crippen LogP contribution in [0.5, 0.6) is 5.75 Å². The Morgan fingerprint density at radius 1 is 1.16 bits per heavy atom. The normalized spacial score (nSPS) is 11.8. The molecule has 0 aliphatic heterocycles. The van der Waals surface area contributed by atoms with E-state index in [4.69, 9.17) is 13.7 Å². The molecule has 4 rings (SSSR count). The molecule has 3 heterocycles. The summed E-state index contributed by atoms with van der Waals surface area (Å²) in [7, 11) is 0. The Balaban J connectivity index is 1.24. The SMILES string of the molecule is CC(NC(=O)CCc1nc(-c2ccco2)no1)c1ccc(OCc2cccnc2)cc1. The van der Waals surface area contributed by atoms with Crippen molar-refractivity contribution in [1.29, 1.82) is 0 Å². The summed E-state index contributed by atoms with van der Waals surface area (Å²) in [5.41, 5.74) is 1.99. The fraction of sp³-hybridized carbons (Fsp3) is 0.217. The molecule has 4 aromatic rings. The molecule has 8 heteroatoms. The first kappa shape index (κ1) is 20.3. The van der Waals surface area contributed by atoms with Gasteiger partial charge in [-0.2, -0.15) is 4.98 Å². The summed E-state index contributed by atoms with van der Waals surface area (Å²) in [6, 6.07) is 14.9. The average Bonchev–Trinajstić information content (AvgIpc) is 3.49. The second kappa shape index (κ2) is 9.71. The van der Waals surface area contributed by atoms with Crippen molar-refractivity contribution in [3.8, 4) is 17.3 Å². The van der Waals surface area contributed by atoms with Crippen LogP contribution >= 0.6 is 0 Å². The van der Waals surface area contributed by atoms with Crippen LogP contribution in [0.25, 0.3) is 11.6 Å². The Bertz CT molecular complexity index is 1090. The number of nitrogens with zero attached hydrogens (tertiary/aromatic N) is 3. The van der Waals surface area contributed by atoms with Crippen LogP contribution in [0.4, 0.5) is 0 Å². The molecule has 1 atom stereocenters. The quantitative estimate of drug-likeness (QED) is 0.436. The van der Waals surface area contributed by atoms with Crippen molar-refractivity contribution < 1.29 is 18.5 Å². The maximum Gasteiger partial charge on any atom is 0.238 e. The summed E-state index contributed by atoms with van der Waals surface area (Å²) in [4.78, 5) is 20.6. The summed E-state index contributed by atoms with van der Waals surface area (Å²) in [6.07, 6.45) is 5.65. The van der Waals surface area contributed by atoms with Crippen LogP contribution in [0.2, 0.25) is 0 Å². The summed E-state index contributed by atoms with van der Waals surface area (Å²) < 4.78 is 16.2. The minimum absolute atomic E-state index is 0.0952. The molecule has 1 unspecified atom stereocenters. The van der Waals surface area contributed by atoms with Crippen molar-refractivity contribution in [3.63, 3.8) is 0 Å². The van der Waals surface area contributed by atoms with Crippen LogP contribution in [0, 0.1) is 0 Å². The number of carbonyl (C=O) groups excluding carboxylic acids is 1. The number of ether oxygens (including phenoxy) is 1. The van der Waals surface area contributed by atoms with Gasteiger partial charge >= 0.3 is 0 Å². The van der Waals surface area contributed by atoms with Gasteiger partial charge in [-0.1, -0.05) is 23.4 Å². The van der Waals surface area contributed by atoms with Crippen molar-refractivity contribution >= 4 is 5.91 Å². The smallest absolute Gasteiger partial charge is 0.238 e. The molecular weight excluding hydrogens is 396 g/mol. The Labute approximate surface area is 179 Å². The number of pyridine rings is 1. The van der Waals surface area contributed by atoms with E-state index in [0.717, 1.165) is 16.9 Å². The predicted molar refractivity (Wildman–Crippen MR) is 112 cm³/mol. The number of hydrogen-bond acceptors (Lipinski definition) is 7. The molecule has 0 aliphatic rings. The minimum Gasteiger partial charge on any atom is -0.489 e. The maximum atomic E-state index is 12.3. The zero-order valence-corrected chi connectivity index (χ0v) is 17.0. The third-order valence-corrected chi connectivity index (χ3v) is 4.66. The van der Waals surface area contributed by atoms with E-state index in [1.54, 1.807) is 30.8 Å². The molecular formula is C23H22N4O4. The van der Waals surface area contributed by atoms with Crippen molar-refractivity contribution in [2.24, 2.45) is 0 Å². The van der Waals surface area contributed by atoms with E-state index in [1.807, 2.05) is 43.3 Å². The minimum atomic E-state index is -0.138. The maximum absolute atomic E-state index is 12.3. The third kappa shape index (κ3) is 5.57. The van der Waals surface area contributed by atoms with Gasteiger partial charge in [-0.05, 0) is 42.8 Å². The van der Waals surface area contributed by atoms with Gasteiger partial charge in [-0.3, -0.25) is 9.78 Å². The molecule has 0 spiro atoms. The van der Waals surface area contributed by atoms with E-state index in [-0.39, 0.29) is 18.4 Å². The molecule has 3 aromatic heterocycles. The van der Waals surface area contributed by atoms with Crippen LogP contribution in [0.1, 0.15) is 36.4 Å². The number of aromatic nitrogens is 3. The van der Waals surface area contributed by atoms with Crippen LogP contribution in [0.3, 0.4) is 0 Å². The summed E-state index contributed by atoms with van der Waals surface area (Å²) in [5, 5.41) is 6.84. The number of nitrogens with one attached hydrogen (secondary N) is 1. The zero-order valence-electron chi connectivity index (χ0n) is 17.0. The number of aryl methyl sites for hydroxylation is 1. The number of carbonyl (C=O) groups is 1. The van der Waals surface area contributed by atoms with Crippen molar-refractivity contribution in [3.05, 3.63) is 84.2 Å². The predicted octanol–water partition coefficient (Wildman–Crippen LogP) is 4.11. The summed E-state index contributed by atoms with van der Waals surface area (Å²) in [5.74, 6) is 1.96. The molecule has 0 radical (unpaired) electrons. The molecule has 1 amide bonds. The standard InChI is InChI=1S/C23H22N4O4/c1-16(18-6-8-19(9-7-18)30-15-17-4-2-12-24-14-17)25-21(28)10-11-22-26-23(27-31-22)20-5-3-13-29-20/h2-9,12-14,16H,10-11,15H2,1H3,(H,25,28). The monoisotopic (exact) mass is 418 g/mol. The fourth-order valence-electron chi connectivity index (χ4n) is 2.98. The van der Waals surface area contributed by atoms with Gasteiger partial charge in [0.05, 0.1) is 12.3 Å². The number of hydrogen-bond donors (Lipinski definition) is 1. The second-order valence-corrected chi connectivity index (χ2v) is 7.00. The molecule has 0 saturated heterocycles. The van der Waals surface area contributed by atoms with E-state index < -0.39 is 0 Å². The molecule has 1 aromatic carbocycles. The van der Waals surface area contributed by atoms with Crippen LogP contribution < -0.4 is 10.1 Å². The Morgan fingerprint density at radius 3 is 2.77 bits per heavy atom. The Morgan fingerprint density at radius 2 is 2.03 bits per heavy atom. The van der Waals surface area contributed by atoms with E-state index in [2.05, 4.69) is 20.4 Å². The molecule has 0 fully saturated rings. The zero-order chi connectivity index (χ0) is 21.5. The average molecular weight is 418 g/mol. The van der Waals surface area contributed by atoms with E-state index >= 15 is 0 Å². The van der Waals surface area contributed by atoms with Crippen molar-refractivity contribution in [1.82, 2.24) is 20.4 Å². The summed E-state index contributed by atoms with van der Waals surface area (Å²) >= 11 is 0. The van der Waals surface area contributed by atoms with Gasteiger partial charge < -0.3 is 19.0 Å². The van der Waals surface area contributed by atoms with Crippen LogP contribution in [0.15, 0.2) is 76.1 Å². The highest BCUT2D eigenvalue weighted by Gasteiger charge is 2.14. The molecule has 158 valence electrons. The molecule has 8 nitrogen and oxygen atoms in total. The molecule has 31 heavy (non-hydrogen) atoms. The van der Waals surface area contributed by atoms with Crippen molar-refractivity contribution in [2.75, 3.05) is 0 Å². The van der Waals surface area contributed by atoms with Crippen LogP contribution in [-0.2, 0) is 17.8 Å². The van der Waals surface area contributed by atoms with E-state index in [9.17, 15) is 4.79 Å². The lowest BCUT2D eigenvalue weighted by atomic mass is 10.1. The Hall–Kier alpha value is -3.94. The molecule has 0 saturated carbocycles. The van der Waals surface area contributed by atoms with Gasteiger partial charge in [0.2, 0.25) is 17.6 Å². The first-order chi connectivity index (χ1) is 15.2. The highest BCUT2D eigenvalue weighted by Crippen LogP contribution is 2.19. The van der Waals surface area contributed by atoms with Gasteiger partial charge in [-0.25, -0.2) is 0 Å². The van der Waals surface area contributed by atoms with Crippen LogP contribution in [-0.4, -0.2) is 21.0 Å². The number of benzene rings is 1. The van der Waals surface area contributed by atoms with Gasteiger partial charge in [-0.15, -0.1) is 0 Å². The van der Waals surface area contributed by atoms with Gasteiger partial charge in [0.15, 0.2) is 5.76 Å². The van der Waals surface area contributed by atoms with Gasteiger partial charge in [0, 0.05) is 30.8 Å². The topological polar surface area (TPSA) is 103 Å². The largest absolute Gasteiger partial charge is 0.489 e. The highest BCUT2D eigenvalue weighted by atomic mass is 16.5. The Kier molecular flexibility index (Phi) is 6.37. The lowest BCUT2D eigenvalue weighted by Gasteiger charge is -2.15. The number of furan rings is 1. The fourth-order valence-corrected chi connectivity index (χ4v) is 2.98. The first-order valence-corrected chi connectivity index (χ1v) is 9.95. The van der Waals surface area contributed by atoms with Gasteiger partial charge in [0.25, 0.3) is 0 Å². The number of rotatable bonds is 9. The summed E-state index contributed by atoms with van der Waals surface area (Å²) in [6.45, 7) is 2.39. The van der Waals surface area contributed by atoms with E-state index in [1.165, 1.54) is 0 Å². The molecule has 0 bridgehead atoms. The molecule has 0 aliphatic carbocycles. The van der Waals surface area contributed by atoms with Gasteiger partial charge in [0.1, 0.15) is 12.4 Å². The van der Waals surface area contributed by atoms with E-state index in [0.29, 0.717) is 30.5 Å². The molecule has 1 N–H and O–H groups in total. The third-order valence-electron chi connectivity index (χ3n) is 4.66.